The van der Waals surface area contributed by atoms with Gasteiger partial charge in [0.05, 0.1) is 16.1 Å². The lowest BCUT2D eigenvalue weighted by molar-refractivity contribution is -0.127. The molecule has 24 heavy (non-hydrogen) atoms. The van der Waals surface area contributed by atoms with E-state index >= 15 is 0 Å². The van der Waals surface area contributed by atoms with E-state index in [0.717, 1.165) is 5.56 Å². The molecule has 0 aliphatic carbocycles. The van der Waals surface area contributed by atoms with E-state index in [1.807, 2.05) is 19.9 Å². The molecule has 1 heterocycles. The minimum absolute atomic E-state index is 0.0521. The van der Waals surface area contributed by atoms with E-state index in [1.54, 1.807) is 23.1 Å². The number of benzene rings is 1. The van der Waals surface area contributed by atoms with Crippen LogP contribution >= 0.6 is 23.2 Å². The van der Waals surface area contributed by atoms with Crippen LogP contribution in [0.25, 0.3) is 6.08 Å². The first-order valence-corrected chi connectivity index (χ1v) is 8.74. The molecule has 0 saturated carbocycles. The molecule has 0 aromatic heterocycles. The Bertz CT molecular complexity index is 659. The van der Waals surface area contributed by atoms with Crippen LogP contribution < -0.4 is 0 Å². The summed E-state index contributed by atoms with van der Waals surface area (Å²) < 4.78 is 0. The lowest BCUT2D eigenvalue weighted by Crippen LogP contribution is -2.52. The van der Waals surface area contributed by atoms with Crippen LogP contribution in [0.2, 0.25) is 10.0 Å². The Labute approximate surface area is 153 Å². The summed E-state index contributed by atoms with van der Waals surface area (Å²) in [4.78, 5) is 16.3. The minimum Gasteiger partial charge on any atom is -0.337 e. The molecule has 0 radical (unpaired) electrons. The van der Waals surface area contributed by atoms with Crippen molar-refractivity contribution in [2.75, 3.05) is 26.2 Å². The van der Waals surface area contributed by atoms with Gasteiger partial charge in [0.2, 0.25) is 5.91 Å². The summed E-state index contributed by atoms with van der Waals surface area (Å²) in [6.07, 6.45) is 3.21. The first-order chi connectivity index (χ1) is 11.4. The van der Waals surface area contributed by atoms with Gasteiger partial charge in [0.15, 0.2) is 0 Å². The maximum absolute atomic E-state index is 12.3. The Kier molecular flexibility index (Phi) is 6.68. The van der Waals surface area contributed by atoms with E-state index in [4.69, 9.17) is 23.2 Å². The fraction of sp³-hybridized carbons (Fsp3) is 0.444. The van der Waals surface area contributed by atoms with Gasteiger partial charge < -0.3 is 4.90 Å². The van der Waals surface area contributed by atoms with E-state index in [9.17, 15) is 10.1 Å². The summed E-state index contributed by atoms with van der Waals surface area (Å²) in [5.41, 5.74) is 0.723. The molecule has 128 valence electrons. The van der Waals surface area contributed by atoms with Crippen molar-refractivity contribution in [1.29, 1.82) is 5.26 Å². The number of piperazine rings is 1. The molecule has 1 aliphatic rings. The van der Waals surface area contributed by atoms with Crippen LogP contribution in [0.1, 0.15) is 19.4 Å². The van der Waals surface area contributed by atoms with Gasteiger partial charge in [-0.05, 0) is 23.6 Å². The summed E-state index contributed by atoms with van der Waals surface area (Å²) in [7, 11) is 0. The van der Waals surface area contributed by atoms with Crippen molar-refractivity contribution in [3.8, 4) is 6.07 Å². The molecule has 1 saturated heterocycles. The molecule has 1 aromatic carbocycles. The van der Waals surface area contributed by atoms with Crippen molar-refractivity contribution in [3.05, 3.63) is 39.9 Å². The van der Waals surface area contributed by atoms with E-state index in [2.05, 4.69) is 11.0 Å². The fourth-order valence-corrected chi connectivity index (χ4v) is 3.16. The molecule has 0 N–H and O–H groups in total. The van der Waals surface area contributed by atoms with Gasteiger partial charge in [-0.25, -0.2) is 0 Å². The highest BCUT2D eigenvalue weighted by Crippen LogP contribution is 2.26. The fourth-order valence-electron chi connectivity index (χ4n) is 2.79. The third-order valence-electron chi connectivity index (χ3n) is 4.17. The van der Waals surface area contributed by atoms with Gasteiger partial charge in [-0.2, -0.15) is 5.26 Å². The Balaban J connectivity index is 1.95. The Hall–Kier alpha value is -1.54. The third-order valence-corrected chi connectivity index (χ3v) is 5.00. The maximum atomic E-state index is 12.3. The highest BCUT2D eigenvalue weighted by molar-refractivity contribution is 6.42. The number of carbonyl (C=O) groups excluding carboxylic acids is 1. The third kappa shape index (κ3) is 4.51. The second-order valence-corrected chi connectivity index (χ2v) is 6.94. The van der Waals surface area contributed by atoms with E-state index < -0.39 is 0 Å². The molecule has 1 atom stereocenters. The molecular weight excluding hydrogens is 345 g/mol. The second-order valence-electron chi connectivity index (χ2n) is 6.16. The largest absolute Gasteiger partial charge is 0.337 e. The predicted molar refractivity (Wildman–Crippen MR) is 97.9 cm³/mol. The number of hydrogen-bond donors (Lipinski definition) is 0. The van der Waals surface area contributed by atoms with Crippen LogP contribution in [-0.2, 0) is 4.79 Å². The van der Waals surface area contributed by atoms with Crippen molar-refractivity contribution in [3.63, 3.8) is 0 Å². The maximum Gasteiger partial charge on any atom is 0.246 e. The van der Waals surface area contributed by atoms with Gasteiger partial charge >= 0.3 is 0 Å². The van der Waals surface area contributed by atoms with Crippen LogP contribution in [-0.4, -0.2) is 47.9 Å². The number of carbonyl (C=O) groups is 1. The zero-order chi connectivity index (χ0) is 17.7. The predicted octanol–water partition coefficient (Wildman–Crippen LogP) is 3.70. The van der Waals surface area contributed by atoms with Crippen molar-refractivity contribution < 1.29 is 4.79 Å². The number of nitriles is 1. The first kappa shape index (κ1) is 18.8. The summed E-state index contributed by atoms with van der Waals surface area (Å²) in [5, 5.41) is 10.2. The van der Waals surface area contributed by atoms with Crippen LogP contribution in [0.3, 0.4) is 0 Å². The first-order valence-electron chi connectivity index (χ1n) is 7.98. The van der Waals surface area contributed by atoms with E-state index in [1.165, 1.54) is 6.08 Å². The summed E-state index contributed by atoms with van der Waals surface area (Å²) in [6, 6.07) is 7.58. The number of halogens is 2. The van der Waals surface area contributed by atoms with Gasteiger partial charge in [-0.1, -0.05) is 49.2 Å². The van der Waals surface area contributed by atoms with Crippen LogP contribution in [0, 0.1) is 17.2 Å². The lowest BCUT2D eigenvalue weighted by Gasteiger charge is -2.37. The summed E-state index contributed by atoms with van der Waals surface area (Å²) in [5.74, 6) is 0.228. The average molecular weight is 366 g/mol. The zero-order valence-electron chi connectivity index (χ0n) is 13.9. The summed E-state index contributed by atoms with van der Waals surface area (Å²) in [6.45, 7) is 6.77. The molecule has 0 bridgehead atoms. The molecule has 1 unspecified atom stereocenters. The zero-order valence-corrected chi connectivity index (χ0v) is 15.4. The molecule has 0 spiro atoms. The van der Waals surface area contributed by atoms with Crippen LogP contribution in [0.5, 0.6) is 0 Å². The molecular formula is C18H21Cl2N3O. The SMILES string of the molecule is CC(C)C(C#N)N1CCN(C(=O)/C=C/c2cccc(Cl)c2Cl)CC1. The molecule has 1 amide bonds. The van der Waals surface area contributed by atoms with E-state index in [-0.39, 0.29) is 17.9 Å². The Morgan fingerprint density at radius 3 is 2.50 bits per heavy atom. The quantitative estimate of drug-likeness (QED) is 0.764. The molecule has 6 heteroatoms. The molecule has 2 rings (SSSR count). The minimum atomic E-state index is -0.0944. The number of rotatable bonds is 4. The van der Waals surface area contributed by atoms with Crippen molar-refractivity contribution >= 4 is 35.2 Å². The number of nitrogens with zero attached hydrogens (tertiary/aromatic N) is 3. The second kappa shape index (κ2) is 8.53. The van der Waals surface area contributed by atoms with Gasteiger partial charge in [0.1, 0.15) is 6.04 Å². The normalized spacial score (nSPS) is 17.2. The smallest absolute Gasteiger partial charge is 0.246 e. The monoisotopic (exact) mass is 365 g/mol. The highest BCUT2D eigenvalue weighted by atomic mass is 35.5. The topological polar surface area (TPSA) is 47.3 Å². The van der Waals surface area contributed by atoms with Gasteiger partial charge in [0, 0.05) is 32.3 Å². The van der Waals surface area contributed by atoms with Crippen molar-refractivity contribution in [2.45, 2.75) is 19.9 Å². The van der Waals surface area contributed by atoms with Crippen molar-refractivity contribution in [2.24, 2.45) is 5.92 Å². The van der Waals surface area contributed by atoms with Gasteiger partial charge in [-0.3, -0.25) is 9.69 Å². The van der Waals surface area contributed by atoms with Crippen molar-refractivity contribution in [1.82, 2.24) is 9.80 Å². The molecule has 1 fully saturated rings. The molecule has 1 aromatic rings. The van der Waals surface area contributed by atoms with Gasteiger partial charge in [-0.15, -0.1) is 0 Å². The van der Waals surface area contributed by atoms with Crippen LogP contribution in [0.4, 0.5) is 0 Å². The molecule has 4 nitrogen and oxygen atoms in total. The molecule has 1 aliphatic heterocycles. The standard InChI is InChI=1S/C18H21Cl2N3O/c1-13(2)16(12-21)22-8-10-23(11-9-22)17(24)7-6-14-4-3-5-15(19)18(14)20/h3-7,13,16H,8-11H2,1-2H3/b7-6+. The highest BCUT2D eigenvalue weighted by Gasteiger charge is 2.26. The van der Waals surface area contributed by atoms with Gasteiger partial charge in [0.25, 0.3) is 0 Å². The number of hydrogen-bond acceptors (Lipinski definition) is 3. The average Bonchev–Trinajstić information content (AvgIpc) is 2.57. The van der Waals surface area contributed by atoms with Crippen LogP contribution in [0.15, 0.2) is 24.3 Å². The Morgan fingerprint density at radius 2 is 1.92 bits per heavy atom. The summed E-state index contributed by atoms with van der Waals surface area (Å²) >= 11 is 12.1. The van der Waals surface area contributed by atoms with E-state index in [0.29, 0.717) is 36.2 Å². The number of amides is 1. The Morgan fingerprint density at radius 1 is 1.25 bits per heavy atom. The lowest BCUT2D eigenvalue weighted by atomic mass is 10.0.